The molecule has 0 atom stereocenters. The molecule has 0 bridgehead atoms. The average Bonchev–Trinajstić information content (AvgIpc) is 2.80. The van der Waals surface area contributed by atoms with Gasteiger partial charge < -0.3 is 10.1 Å². The number of hydrogen-bond acceptors (Lipinski definition) is 4. The van der Waals surface area contributed by atoms with Crippen LogP contribution in [0, 0.1) is 12.7 Å². The molecule has 0 spiro atoms. The van der Waals surface area contributed by atoms with Crippen LogP contribution in [0.1, 0.15) is 29.9 Å². The SMILES string of the molecule is Cc1nn(-c2ccc(F)cc2)c(Cl)c1C(=O)OCC(=O)NC(C)C. The van der Waals surface area contributed by atoms with Crippen LogP contribution in [0.4, 0.5) is 4.39 Å². The summed E-state index contributed by atoms with van der Waals surface area (Å²) in [6.07, 6.45) is 0. The number of nitrogens with one attached hydrogen (secondary N) is 1. The average molecular weight is 354 g/mol. The minimum atomic E-state index is -0.746. The van der Waals surface area contributed by atoms with Crippen molar-refractivity contribution in [1.82, 2.24) is 15.1 Å². The van der Waals surface area contributed by atoms with Crippen LogP contribution < -0.4 is 5.32 Å². The Morgan fingerprint density at radius 3 is 2.54 bits per heavy atom. The molecule has 2 aromatic rings. The Bertz CT molecular complexity index is 757. The third kappa shape index (κ3) is 4.11. The monoisotopic (exact) mass is 353 g/mol. The van der Waals surface area contributed by atoms with Crippen LogP contribution in [0.3, 0.4) is 0 Å². The van der Waals surface area contributed by atoms with Gasteiger partial charge in [-0.3, -0.25) is 4.79 Å². The second kappa shape index (κ2) is 7.44. The van der Waals surface area contributed by atoms with E-state index in [-0.39, 0.29) is 16.8 Å². The van der Waals surface area contributed by atoms with Gasteiger partial charge in [-0.25, -0.2) is 13.9 Å². The van der Waals surface area contributed by atoms with Gasteiger partial charge >= 0.3 is 5.97 Å². The van der Waals surface area contributed by atoms with E-state index in [1.807, 2.05) is 0 Å². The number of esters is 1. The van der Waals surface area contributed by atoms with Crippen molar-refractivity contribution in [2.24, 2.45) is 0 Å². The number of aryl methyl sites for hydroxylation is 1. The molecular formula is C16H17ClFN3O3. The van der Waals surface area contributed by atoms with Gasteiger partial charge in [-0.2, -0.15) is 5.10 Å². The van der Waals surface area contributed by atoms with E-state index in [4.69, 9.17) is 16.3 Å². The molecule has 1 amide bonds. The van der Waals surface area contributed by atoms with Gasteiger partial charge in [0.15, 0.2) is 6.61 Å². The van der Waals surface area contributed by atoms with Crippen LogP contribution in [0.2, 0.25) is 5.15 Å². The van der Waals surface area contributed by atoms with Crippen LogP contribution in [0.25, 0.3) is 5.69 Å². The zero-order valence-corrected chi connectivity index (χ0v) is 14.2. The quantitative estimate of drug-likeness (QED) is 0.839. The van der Waals surface area contributed by atoms with E-state index in [9.17, 15) is 14.0 Å². The number of rotatable bonds is 5. The first-order chi connectivity index (χ1) is 11.3. The number of nitrogens with zero attached hydrogens (tertiary/aromatic N) is 2. The Hall–Kier alpha value is -2.41. The fourth-order valence-corrected chi connectivity index (χ4v) is 2.40. The lowest BCUT2D eigenvalue weighted by molar-refractivity contribution is -0.124. The summed E-state index contributed by atoms with van der Waals surface area (Å²) >= 11 is 6.20. The van der Waals surface area contributed by atoms with Gasteiger partial charge in [0, 0.05) is 6.04 Å². The van der Waals surface area contributed by atoms with E-state index >= 15 is 0 Å². The van der Waals surface area contributed by atoms with Gasteiger partial charge in [0.2, 0.25) is 0 Å². The summed E-state index contributed by atoms with van der Waals surface area (Å²) in [5, 5.41) is 6.81. The largest absolute Gasteiger partial charge is 0.452 e. The summed E-state index contributed by atoms with van der Waals surface area (Å²) < 4.78 is 19.3. The van der Waals surface area contributed by atoms with E-state index < -0.39 is 24.3 Å². The highest BCUT2D eigenvalue weighted by molar-refractivity contribution is 6.33. The van der Waals surface area contributed by atoms with Crippen molar-refractivity contribution in [2.45, 2.75) is 26.8 Å². The van der Waals surface area contributed by atoms with E-state index in [0.29, 0.717) is 11.4 Å². The Kier molecular flexibility index (Phi) is 5.56. The van der Waals surface area contributed by atoms with Crippen molar-refractivity contribution in [3.05, 3.63) is 46.5 Å². The van der Waals surface area contributed by atoms with Gasteiger partial charge in [0.25, 0.3) is 5.91 Å². The second-order valence-corrected chi connectivity index (χ2v) is 5.80. The maximum Gasteiger partial charge on any atom is 0.343 e. The number of benzene rings is 1. The van der Waals surface area contributed by atoms with Gasteiger partial charge in [-0.05, 0) is 45.0 Å². The summed E-state index contributed by atoms with van der Waals surface area (Å²) in [5.41, 5.74) is 0.915. The summed E-state index contributed by atoms with van der Waals surface area (Å²) in [6, 6.07) is 5.44. The molecule has 0 aliphatic rings. The predicted octanol–water partition coefficient (Wildman–Crippen LogP) is 2.65. The standard InChI is InChI=1S/C16H17ClFN3O3/c1-9(2)19-13(22)8-24-16(23)14-10(3)20-21(15(14)17)12-6-4-11(18)5-7-12/h4-7,9H,8H2,1-3H3,(H,19,22). The highest BCUT2D eigenvalue weighted by Crippen LogP contribution is 2.24. The van der Waals surface area contributed by atoms with Crippen LogP contribution >= 0.6 is 11.6 Å². The molecule has 0 radical (unpaired) electrons. The summed E-state index contributed by atoms with van der Waals surface area (Å²) in [7, 11) is 0. The predicted molar refractivity (Wildman–Crippen MR) is 86.8 cm³/mol. The van der Waals surface area contributed by atoms with Crippen molar-refractivity contribution in [3.8, 4) is 5.69 Å². The molecule has 128 valence electrons. The van der Waals surface area contributed by atoms with Crippen molar-refractivity contribution < 1.29 is 18.7 Å². The lowest BCUT2D eigenvalue weighted by Gasteiger charge is -2.08. The summed E-state index contributed by atoms with van der Waals surface area (Å²) in [4.78, 5) is 23.7. The molecule has 2 rings (SSSR count). The van der Waals surface area contributed by atoms with Gasteiger partial charge in [-0.1, -0.05) is 11.6 Å². The van der Waals surface area contributed by atoms with Gasteiger partial charge in [0.05, 0.1) is 11.4 Å². The van der Waals surface area contributed by atoms with Crippen LogP contribution in [0.5, 0.6) is 0 Å². The van der Waals surface area contributed by atoms with Crippen LogP contribution in [-0.2, 0) is 9.53 Å². The van der Waals surface area contributed by atoms with E-state index in [2.05, 4.69) is 10.4 Å². The number of carbonyl (C=O) groups is 2. The highest BCUT2D eigenvalue weighted by Gasteiger charge is 2.23. The fraction of sp³-hybridized carbons (Fsp3) is 0.312. The van der Waals surface area contributed by atoms with E-state index in [1.165, 1.54) is 28.9 Å². The number of aromatic nitrogens is 2. The smallest absolute Gasteiger partial charge is 0.343 e. The zero-order valence-electron chi connectivity index (χ0n) is 13.5. The molecule has 0 fully saturated rings. The van der Waals surface area contributed by atoms with Gasteiger partial charge in [-0.15, -0.1) is 0 Å². The summed E-state index contributed by atoms with van der Waals surface area (Å²) in [5.74, 6) is -1.54. The molecule has 1 heterocycles. The third-order valence-electron chi connectivity index (χ3n) is 3.06. The minimum Gasteiger partial charge on any atom is -0.452 e. The van der Waals surface area contributed by atoms with E-state index in [0.717, 1.165) is 0 Å². The third-order valence-corrected chi connectivity index (χ3v) is 3.41. The molecule has 1 aromatic carbocycles. The second-order valence-electron chi connectivity index (χ2n) is 5.44. The summed E-state index contributed by atoms with van der Waals surface area (Å²) in [6.45, 7) is 4.78. The molecule has 0 saturated carbocycles. The highest BCUT2D eigenvalue weighted by atomic mass is 35.5. The van der Waals surface area contributed by atoms with Crippen molar-refractivity contribution in [3.63, 3.8) is 0 Å². The molecule has 0 saturated heterocycles. The first kappa shape index (κ1) is 17.9. The number of carbonyl (C=O) groups excluding carboxylic acids is 2. The molecule has 1 N–H and O–H groups in total. The first-order valence-corrected chi connectivity index (χ1v) is 7.65. The lowest BCUT2D eigenvalue weighted by Crippen LogP contribution is -2.34. The number of hydrogen-bond donors (Lipinski definition) is 1. The molecule has 0 aliphatic heterocycles. The number of halogens is 2. The Morgan fingerprint density at radius 2 is 1.96 bits per heavy atom. The maximum absolute atomic E-state index is 13.0. The van der Waals surface area contributed by atoms with Crippen LogP contribution in [0.15, 0.2) is 24.3 Å². The Morgan fingerprint density at radius 1 is 1.33 bits per heavy atom. The maximum atomic E-state index is 13.0. The lowest BCUT2D eigenvalue weighted by atomic mass is 10.2. The number of ether oxygens (including phenoxy) is 1. The van der Waals surface area contributed by atoms with Crippen LogP contribution in [-0.4, -0.2) is 34.3 Å². The first-order valence-electron chi connectivity index (χ1n) is 7.27. The molecule has 8 heteroatoms. The zero-order chi connectivity index (χ0) is 17.9. The fourth-order valence-electron chi connectivity index (χ4n) is 2.05. The molecular weight excluding hydrogens is 337 g/mol. The van der Waals surface area contributed by atoms with Crippen molar-refractivity contribution >= 4 is 23.5 Å². The Labute approximate surface area is 143 Å². The Balaban J connectivity index is 2.17. The number of amides is 1. The normalized spacial score (nSPS) is 10.8. The minimum absolute atomic E-state index is 0.0355. The van der Waals surface area contributed by atoms with Crippen molar-refractivity contribution in [2.75, 3.05) is 6.61 Å². The topological polar surface area (TPSA) is 73.2 Å². The molecule has 0 aliphatic carbocycles. The molecule has 1 aromatic heterocycles. The van der Waals surface area contributed by atoms with E-state index in [1.54, 1.807) is 20.8 Å². The molecule has 6 nitrogen and oxygen atoms in total. The van der Waals surface area contributed by atoms with Gasteiger partial charge in [0.1, 0.15) is 16.5 Å². The molecule has 0 unspecified atom stereocenters. The van der Waals surface area contributed by atoms with Crippen molar-refractivity contribution in [1.29, 1.82) is 0 Å². The molecule has 24 heavy (non-hydrogen) atoms.